The highest BCUT2D eigenvalue weighted by Crippen LogP contribution is 2.16. The Morgan fingerprint density at radius 2 is 1.56 bits per heavy atom. The van der Waals surface area contributed by atoms with E-state index in [4.69, 9.17) is 14.2 Å². The maximum Gasteiger partial charge on any atom is 0.314 e. The van der Waals surface area contributed by atoms with Gasteiger partial charge in [-0.2, -0.15) is 0 Å². The van der Waals surface area contributed by atoms with Gasteiger partial charge in [-0.25, -0.2) is 4.79 Å². The molecule has 134 valence electrons. The zero-order chi connectivity index (χ0) is 17.9. The molecule has 0 aliphatic carbocycles. The topological polar surface area (TPSA) is 68.8 Å². The van der Waals surface area contributed by atoms with Gasteiger partial charge in [0.05, 0.1) is 20.8 Å². The van der Waals surface area contributed by atoms with Gasteiger partial charge < -0.3 is 24.8 Å². The van der Waals surface area contributed by atoms with Crippen LogP contribution in [0.2, 0.25) is 0 Å². The maximum absolute atomic E-state index is 11.7. The minimum absolute atomic E-state index is 0.207. The summed E-state index contributed by atoms with van der Waals surface area (Å²) in [6, 6.07) is 14.9. The van der Waals surface area contributed by atoms with Gasteiger partial charge in [0, 0.05) is 6.54 Å². The zero-order valence-electron chi connectivity index (χ0n) is 14.6. The van der Waals surface area contributed by atoms with E-state index < -0.39 is 0 Å². The Bertz CT molecular complexity index is 659. The van der Waals surface area contributed by atoms with Gasteiger partial charge in [0.25, 0.3) is 0 Å². The smallest absolute Gasteiger partial charge is 0.314 e. The number of methoxy groups -OCH3 is 2. The molecule has 2 aromatic rings. The van der Waals surface area contributed by atoms with Gasteiger partial charge in [-0.1, -0.05) is 12.1 Å². The molecule has 0 fully saturated rings. The van der Waals surface area contributed by atoms with Gasteiger partial charge >= 0.3 is 6.03 Å². The Hall–Kier alpha value is -2.89. The molecule has 0 bridgehead atoms. The number of nitrogens with one attached hydrogen (secondary N) is 2. The van der Waals surface area contributed by atoms with E-state index in [1.54, 1.807) is 14.2 Å². The first kappa shape index (κ1) is 18.4. The molecule has 0 spiro atoms. The van der Waals surface area contributed by atoms with Gasteiger partial charge in [0.15, 0.2) is 0 Å². The first-order valence-electron chi connectivity index (χ1n) is 8.13. The summed E-state index contributed by atoms with van der Waals surface area (Å²) in [4.78, 5) is 11.7. The lowest BCUT2D eigenvalue weighted by molar-refractivity contribution is 0.236. The third kappa shape index (κ3) is 6.63. The average Bonchev–Trinajstić information content (AvgIpc) is 2.66. The summed E-state index contributed by atoms with van der Waals surface area (Å²) in [5, 5.41) is 5.58. The first-order valence-corrected chi connectivity index (χ1v) is 8.13. The summed E-state index contributed by atoms with van der Waals surface area (Å²) in [5.41, 5.74) is 1.11. The number of benzene rings is 2. The number of amides is 2. The van der Waals surface area contributed by atoms with E-state index in [0.29, 0.717) is 19.7 Å². The Balaban J connectivity index is 1.58. The Morgan fingerprint density at radius 1 is 0.880 bits per heavy atom. The predicted molar refractivity (Wildman–Crippen MR) is 96.6 cm³/mol. The predicted octanol–water partition coefficient (Wildman–Crippen LogP) is 2.62. The second-order valence-corrected chi connectivity index (χ2v) is 5.31. The minimum Gasteiger partial charge on any atom is -0.497 e. The summed E-state index contributed by atoms with van der Waals surface area (Å²) in [5.74, 6) is 2.33. The van der Waals surface area contributed by atoms with Crippen molar-refractivity contribution < 1.29 is 19.0 Å². The quantitative estimate of drug-likeness (QED) is 0.686. The second-order valence-electron chi connectivity index (χ2n) is 5.31. The average molecular weight is 344 g/mol. The van der Waals surface area contributed by atoms with Crippen molar-refractivity contribution in [2.75, 3.05) is 33.9 Å². The largest absolute Gasteiger partial charge is 0.497 e. The van der Waals surface area contributed by atoms with Gasteiger partial charge in [0.1, 0.15) is 23.9 Å². The molecule has 0 heterocycles. The van der Waals surface area contributed by atoms with Crippen molar-refractivity contribution in [3.05, 3.63) is 54.1 Å². The van der Waals surface area contributed by atoms with Gasteiger partial charge in [-0.3, -0.25) is 0 Å². The molecule has 6 heteroatoms. The van der Waals surface area contributed by atoms with Crippen LogP contribution in [0.25, 0.3) is 0 Å². The van der Waals surface area contributed by atoms with E-state index >= 15 is 0 Å². The highest BCUT2D eigenvalue weighted by atomic mass is 16.5. The molecule has 0 aliphatic heterocycles. The lowest BCUT2D eigenvalue weighted by Gasteiger charge is -2.10. The fourth-order valence-corrected chi connectivity index (χ4v) is 2.22. The van der Waals surface area contributed by atoms with Gasteiger partial charge in [-0.15, -0.1) is 0 Å². The third-order valence-corrected chi connectivity index (χ3v) is 3.55. The van der Waals surface area contributed by atoms with Gasteiger partial charge in [0.2, 0.25) is 0 Å². The van der Waals surface area contributed by atoms with Crippen LogP contribution in [-0.2, 0) is 6.42 Å². The van der Waals surface area contributed by atoms with Crippen LogP contribution >= 0.6 is 0 Å². The molecule has 6 nitrogen and oxygen atoms in total. The summed E-state index contributed by atoms with van der Waals surface area (Å²) in [6.07, 6.45) is 0.743. The molecule has 0 atom stereocenters. The van der Waals surface area contributed by atoms with Crippen molar-refractivity contribution in [2.24, 2.45) is 0 Å². The number of carbonyl (C=O) groups is 1. The van der Waals surface area contributed by atoms with E-state index in [1.165, 1.54) is 0 Å². The molecule has 2 N–H and O–H groups in total. The van der Waals surface area contributed by atoms with Crippen molar-refractivity contribution in [3.63, 3.8) is 0 Å². The monoisotopic (exact) mass is 344 g/mol. The molecule has 0 unspecified atom stereocenters. The first-order chi connectivity index (χ1) is 12.2. The van der Waals surface area contributed by atoms with Crippen molar-refractivity contribution in [1.82, 2.24) is 10.6 Å². The molecule has 0 aliphatic rings. The lowest BCUT2D eigenvalue weighted by Crippen LogP contribution is -2.38. The number of rotatable bonds is 9. The molecule has 0 saturated heterocycles. The summed E-state index contributed by atoms with van der Waals surface area (Å²) >= 11 is 0. The number of ether oxygens (including phenoxy) is 3. The standard InChI is InChI=1S/C19H24N2O4/c1-23-16-6-8-17(9-7-16)25-13-12-21-19(22)20-11-10-15-4-3-5-18(14-15)24-2/h3-9,14H,10-13H2,1-2H3,(H2,20,21,22). The number of hydrogen-bond acceptors (Lipinski definition) is 4. The van der Waals surface area contributed by atoms with Crippen molar-refractivity contribution in [1.29, 1.82) is 0 Å². The number of urea groups is 1. The molecule has 2 amide bonds. The molecule has 2 rings (SSSR count). The van der Waals surface area contributed by atoms with Crippen LogP contribution in [0.4, 0.5) is 4.79 Å². The van der Waals surface area contributed by atoms with Crippen LogP contribution in [0.1, 0.15) is 5.56 Å². The zero-order valence-corrected chi connectivity index (χ0v) is 14.6. The molecule has 25 heavy (non-hydrogen) atoms. The van der Waals surface area contributed by atoms with Gasteiger partial charge in [-0.05, 0) is 48.4 Å². The van der Waals surface area contributed by atoms with E-state index in [2.05, 4.69) is 10.6 Å². The van der Waals surface area contributed by atoms with Crippen LogP contribution in [0.3, 0.4) is 0 Å². The maximum atomic E-state index is 11.7. The Labute approximate surface area is 148 Å². The number of carbonyl (C=O) groups excluding carboxylic acids is 1. The van der Waals surface area contributed by atoms with E-state index in [0.717, 1.165) is 29.2 Å². The molecular weight excluding hydrogens is 320 g/mol. The van der Waals surface area contributed by atoms with E-state index in [9.17, 15) is 4.79 Å². The fraction of sp³-hybridized carbons (Fsp3) is 0.316. The highest BCUT2D eigenvalue weighted by molar-refractivity contribution is 5.73. The minimum atomic E-state index is -0.207. The molecule has 0 radical (unpaired) electrons. The SMILES string of the molecule is COc1ccc(OCCNC(=O)NCCc2cccc(OC)c2)cc1. The van der Waals surface area contributed by atoms with E-state index in [-0.39, 0.29) is 6.03 Å². The molecule has 2 aromatic carbocycles. The molecule has 0 aromatic heterocycles. The molecular formula is C19H24N2O4. The summed E-state index contributed by atoms with van der Waals surface area (Å²) in [6.45, 7) is 1.38. The second kappa shape index (κ2) is 10.1. The van der Waals surface area contributed by atoms with Crippen LogP contribution < -0.4 is 24.8 Å². The normalized spacial score (nSPS) is 10.0. The van der Waals surface area contributed by atoms with Crippen LogP contribution in [0.15, 0.2) is 48.5 Å². The van der Waals surface area contributed by atoms with E-state index in [1.807, 2.05) is 48.5 Å². The lowest BCUT2D eigenvalue weighted by atomic mass is 10.1. The van der Waals surface area contributed by atoms with Crippen LogP contribution in [-0.4, -0.2) is 39.9 Å². The number of hydrogen-bond donors (Lipinski definition) is 2. The summed E-state index contributed by atoms with van der Waals surface area (Å²) in [7, 11) is 3.26. The van der Waals surface area contributed by atoms with Crippen molar-refractivity contribution >= 4 is 6.03 Å². The molecule has 0 saturated carbocycles. The van der Waals surface area contributed by atoms with Crippen molar-refractivity contribution in [2.45, 2.75) is 6.42 Å². The van der Waals surface area contributed by atoms with Crippen LogP contribution in [0, 0.1) is 0 Å². The Kier molecular flexibility index (Phi) is 7.43. The van der Waals surface area contributed by atoms with Crippen LogP contribution in [0.5, 0.6) is 17.2 Å². The third-order valence-electron chi connectivity index (χ3n) is 3.55. The highest BCUT2D eigenvalue weighted by Gasteiger charge is 2.01. The van der Waals surface area contributed by atoms with Crippen molar-refractivity contribution in [3.8, 4) is 17.2 Å². The summed E-state index contributed by atoms with van der Waals surface area (Å²) < 4.78 is 15.8. The fourth-order valence-electron chi connectivity index (χ4n) is 2.22. The Morgan fingerprint density at radius 3 is 2.28 bits per heavy atom.